The van der Waals surface area contributed by atoms with Crippen LogP contribution in [0.25, 0.3) is 0 Å². The van der Waals surface area contributed by atoms with E-state index in [1.807, 2.05) is 0 Å². The molecule has 2 heteroatoms. The highest BCUT2D eigenvalue weighted by Gasteiger charge is 2.36. The van der Waals surface area contributed by atoms with Crippen LogP contribution in [0.4, 0.5) is 0 Å². The summed E-state index contributed by atoms with van der Waals surface area (Å²) in [6.07, 6.45) is 9.20. The third-order valence-electron chi connectivity index (χ3n) is 3.23. The van der Waals surface area contributed by atoms with Gasteiger partial charge in [-0.15, -0.1) is 0 Å². The second kappa shape index (κ2) is 2.94. The summed E-state index contributed by atoms with van der Waals surface area (Å²) in [5, 5.41) is 3.33. The van der Waals surface area contributed by atoms with E-state index in [2.05, 4.69) is 61.9 Å². The molecule has 2 heterocycles. The van der Waals surface area contributed by atoms with Crippen molar-refractivity contribution < 1.29 is 0 Å². The molecule has 0 aromatic heterocycles. The first-order chi connectivity index (χ1) is 6.43. The van der Waals surface area contributed by atoms with Crippen LogP contribution in [0.5, 0.6) is 0 Å². The Morgan fingerprint density at radius 2 is 1.07 bits per heavy atom. The molecule has 0 saturated heterocycles. The summed E-state index contributed by atoms with van der Waals surface area (Å²) in [7, 11) is -2.43. The van der Waals surface area contributed by atoms with E-state index in [0.29, 0.717) is 0 Å². The van der Waals surface area contributed by atoms with Crippen LogP contribution in [0.15, 0.2) is 46.1 Å². The maximum absolute atomic E-state index is 2.44. The van der Waals surface area contributed by atoms with Crippen molar-refractivity contribution in [2.75, 3.05) is 0 Å². The highest BCUT2D eigenvalue weighted by Crippen LogP contribution is 2.36. The van der Waals surface area contributed by atoms with Gasteiger partial charge in [-0.25, -0.2) is 0 Å². The van der Waals surface area contributed by atoms with E-state index >= 15 is 0 Å². The molecule has 14 heavy (non-hydrogen) atoms. The standard InChI is InChI=1S/C12H18Si2/c1-13(2)9-5-7-11(13)12-8-6-10-14(12,3)4/h5-10H,1-4H3. The van der Waals surface area contributed by atoms with Crippen molar-refractivity contribution in [3.8, 4) is 0 Å². The molecule has 0 atom stereocenters. The third-order valence-corrected chi connectivity index (χ3v) is 9.18. The van der Waals surface area contributed by atoms with Gasteiger partial charge in [0.1, 0.15) is 16.1 Å². The summed E-state index contributed by atoms with van der Waals surface area (Å²) in [6, 6.07) is 0. The van der Waals surface area contributed by atoms with Gasteiger partial charge >= 0.3 is 0 Å². The molecule has 0 aliphatic carbocycles. The molecule has 0 amide bonds. The average molecular weight is 218 g/mol. The van der Waals surface area contributed by atoms with E-state index in [1.165, 1.54) is 0 Å². The van der Waals surface area contributed by atoms with Gasteiger partial charge in [0.25, 0.3) is 0 Å². The highest BCUT2D eigenvalue weighted by atomic mass is 28.3. The Bertz CT molecular complexity index is 341. The molecule has 0 nitrogen and oxygen atoms in total. The molecule has 0 saturated carbocycles. The van der Waals surface area contributed by atoms with E-state index in [-0.39, 0.29) is 0 Å². The Hall–Kier alpha value is -0.606. The summed E-state index contributed by atoms with van der Waals surface area (Å²) >= 11 is 0. The zero-order valence-electron chi connectivity index (χ0n) is 9.46. The minimum Gasteiger partial charge on any atom is -0.0903 e. The van der Waals surface area contributed by atoms with E-state index in [9.17, 15) is 0 Å². The summed E-state index contributed by atoms with van der Waals surface area (Å²) in [5.74, 6) is 0. The number of allylic oxidation sites excluding steroid dienone is 6. The van der Waals surface area contributed by atoms with Crippen LogP contribution in [0, 0.1) is 0 Å². The summed E-state index contributed by atoms with van der Waals surface area (Å²) < 4.78 is 0. The first-order valence-electron chi connectivity index (χ1n) is 5.24. The van der Waals surface area contributed by atoms with Crippen LogP contribution in [0.1, 0.15) is 0 Å². The lowest BCUT2D eigenvalue weighted by atomic mass is 10.4. The lowest BCUT2D eigenvalue weighted by Gasteiger charge is -2.27. The molecule has 74 valence electrons. The lowest BCUT2D eigenvalue weighted by molar-refractivity contribution is 1.64. The second-order valence-electron chi connectivity index (χ2n) is 5.32. The van der Waals surface area contributed by atoms with Gasteiger partial charge in [-0.05, 0) is 0 Å². The quantitative estimate of drug-likeness (QED) is 0.591. The van der Waals surface area contributed by atoms with E-state index in [0.717, 1.165) is 0 Å². The van der Waals surface area contributed by atoms with Crippen LogP contribution in [-0.4, -0.2) is 16.1 Å². The Morgan fingerprint density at radius 3 is 1.29 bits per heavy atom. The molecule has 2 aliphatic rings. The summed E-state index contributed by atoms with van der Waals surface area (Å²) in [6.45, 7) is 9.75. The van der Waals surface area contributed by atoms with Crippen molar-refractivity contribution in [1.82, 2.24) is 0 Å². The largest absolute Gasteiger partial charge is 0.104 e. The van der Waals surface area contributed by atoms with Crippen molar-refractivity contribution in [2.45, 2.75) is 26.2 Å². The zero-order chi connectivity index (χ0) is 10.4. The number of hydrogen-bond donors (Lipinski definition) is 0. The Morgan fingerprint density at radius 1 is 0.714 bits per heavy atom. The first kappa shape index (κ1) is 9.93. The van der Waals surface area contributed by atoms with Crippen LogP contribution >= 0.6 is 0 Å². The molecule has 0 radical (unpaired) electrons. The fourth-order valence-electron chi connectivity index (χ4n) is 2.25. The average Bonchev–Trinajstić information content (AvgIpc) is 2.53. The van der Waals surface area contributed by atoms with Crippen molar-refractivity contribution in [3.05, 3.63) is 46.1 Å². The molecule has 0 unspecified atom stereocenters. The van der Waals surface area contributed by atoms with Crippen molar-refractivity contribution in [2.24, 2.45) is 0 Å². The van der Waals surface area contributed by atoms with Crippen molar-refractivity contribution in [3.63, 3.8) is 0 Å². The van der Waals surface area contributed by atoms with Crippen LogP contribution < -0.4 is 0 Å². The fraction of sp³-hybridized carbons (Fsp3) is 0.333. The van der Waals surface area contributed by atoms with E-state index < -0.39 is 16.1 Å². The van der Waals surface area contributed by atoms with Gasteiger partial charge in [-0.1, -0.05) is 72.3 Å². The van der Waals surface area contributed by atoms with Gasteiger partial charge in [-0.3, -0.25) is 0 Å². The van der Waals surface area contributed by atoms with E-state index in [4.69, 9.17) is 0 Å². The van der Waals surface area contributed by atoms with E-state index in [1.54, 1.807) is 10.4 Å². The minimum absolute atomic E-state index is 1.22. The Labute approximate surface area is 88.7 Å². The monoisotopic (exact) mass is 218 g/mol. The molecule has 0 spiro atoms. The van der Waals surface area contributed by atoms with Crippen LogP contribution in [-0.2, 0) is 0 Å². The maximum Gasteiger partial charge on any atom is 0.104 e. The second-order valence-corrected chi connectivity index (χ2v) is 14.0. The lowest BCUT2D eigenvalue weighted by Crippen LogP contribution is -2.34. The van der Waals surface area contributed by atoms with Crippen LogP contribution in [0.3, 0.4) is 0 Å². The molecular formula is C12H18Si2. The summed E-state index contributed by atoms with van der Waals surface area (Å²) in [5.41, 5.74) is 4.87. The molecule has 0 bridgehead atoms. The summed E-state index contributed by atoms with van der Waals surface area (Å²) in [4.78, 5) is 0. The van der Waals surface area contributed by atoms with Gasteiger partial charge in [0.15, 0.2) is 0 Å². The number of rotatable bonds is 1. The molecule has 0 aromatic carbocycles. The first-order valence-corrected chi connectivity index (χ1v) is 11.4. The smallest absolute Gasteiger partial charge is 0.0903 e. The third kappa shape index (κ3) is 1.42. The van der Waals surface area contributed by atoms with Crippen molar-refractivity contribution in [1.29, 1.82) is 0 Å². The molecule has 0 fully saturated rings. The molecule has 2 rings (SSSR count). The molecule has 0 N–H and O–H groups in total. The number of hydrogen-bond acceptors (Lipinski definition) is 0. The highest BCUT2D eigenvalue weighted by molar-refractivity contribution is 6.98. The van der Waals surface area contributed by atoms with Gasteiger partial charge in [0.05, 0.1) is 0 Å². The predicted octanol–water partition coefficient (Wildman–Crippen LogP) is 3.55. The van der Waals surface area contributed by atoms with Gasteiger partial charge in [-0.2, -0.15) is 0 Å². The SMILES string of the molecule is C[Si]1(C)C=CC=C1C1=CC=C[Si]1(C)C. The van der Waals surface area contributed by atoms with Gasteiger partial charge in [0, 0.05) is 0 Å². The topological polar surface area (TPSA) is 0 Å². The Balaban J connectivity index is 2.37. The van der Waals surface area contributed by atoms with Gasteiger partial charge < -0.3 is 0 Å². The maximum atomic E-state index is 2.44. The molecule has 0 aromatic rings. The zero-order valence-corrected chi connectivity index (χ0v) is 11.5. The minimum atomic E-state index is -1.22. The van der Waals surface area contributed by atoms with Crippen LogP contribution in [0.2, 0.25) is 26.2 Å². The van der Waals surface area contributed by atoms with Gasteiger partial charge in [0.2, 0.25) is 0 Å². The van der Waals surface area contributed by atoms with Crippen molar-refractivity contribution >= 4 is 16.1 Å². The predicted molar refractivity (Wildman–Crippen MR) is 69.4 cm³/mol. The fourth-order valence-corrected chi connectivity index (χ4v) is 8.31. The molecular weight excluding hydrogens is 200 g/mol. The Kier molecular flexibility index (Phi) is 2.09. The normalized spacial score (nSPS) is 26.6. The molecule has 2 aliphatic heterocycles.